The van der Waals surface area contributed by atoms with Crippen molar-refractivity contribution in [3.05, 3.63) is 35.4 Å². The van der Waals surface area contributed by atoms with Crippen LogP contribution in [0.15, 0.2) is 18.2 Å². The molecule has 0 heterocycles. The molecule has 2 unspecified atom stereocenters. The molecule has 0 aromatic heterocycles. The predicted molar refractivity (Wildman–Crippen MR) is 62.0 cm³/mol. The van der Waals surface area contributed by atoms with Crippen LogP contribution < -0.4 is 5.73 Å². The minimum absolute atomic E-state index is 0.00412. The van der Waals surface area contributed by atoms with Crippen LogP contribution in [0, 0.1) is 23.5 Å². The van der Waals surface area contributed by atoms with Gasteiger partial charge in [0.05, 0.1) is 0 Å². The van der Waals surface area contributed by atoms with Gasteiger partial charge in [-0.05, 0) is 36.8 Å². The second-order valence-electron chi connectivity index (χ2n) is 4.71. The van der Waals surface area contributed by atoms with Gasteiger partial charge in [-0.1, -0.05) is 19.9 Å². The number of halogens is 2. The van der Waals surface area contributed by atoms with Gasteiger partial charge < -0.3 is 5.73 Å². The summed E-state index contributed by atoms with van der Waals surface area (Å²) in [5.41, 5.74) is 6.41. The normalized spacial score (nSPS) is 15.2. The maximum Gasteiger partial charge on any atom is 0.129 e. The molecule has 0 radical (unpaired) electrons. The van der Waals surface area contributed by atoms with Crippen molar-refractivity contribution in [3.63, 3.8) is 0 Å². The molecule has 0 saturated carbocycles. The minimum atomic E-state index is -0.539. The molecule has 0 spiro atoms. The lowest BCUT2D eigenvalue weighted by Gasteiger charge is -2.24. The van der Waals surface area contributed by atoms with Crippen molar-refractivity contribution in [1.82, 2.24) is 0 Å². The Kier molecular flexibility index (Phi) is 4.42. The Bertz CT molecular complexity index is 340. The Morgan fingerprint density at radius 1 is 1.19 bits per heavy atom. The van der Waals surface area contributed by atoms with E-state index < -0.39 is 11.6 Å². The van der Waals surface area contributed by atoms with Crippen LogP contribution in [-0.2, 0) is 6.42 Å². The van der Waals surface area contributed by atoms with Crippen molar-refractivity contribution in [2.75, 3.05) is 0 Å². The molecule has 1 rings (SSSR count). The lowest BCUT2D eigenvalue weighted by molar-refractivity contribution is 0.326. The third-order valence-corrected chi connectivity index (χ3v) is 3.00. The summed E-state index contributed by atoms with van der Waals surface area (Å²) in [4.78, 5) is 0. The number of rotatable bonds is 4. The van der Waals surface area contributed by atoms with E-state index in [1.54, 1.807) is 0 Å². The highest BCUT2D eigenvalue weighted by molar-refractivity contribution is 5.19. The summed E-state index contributed by atoms with van der Waals surface area (Å²) in [6.07, 6.45) is 0.557. The molecule has 1 aromatic carbocycles. The first-order valence-corrected chi connectivity index (χ1v) is 5.61. The van der Waals surface area contributed by atoms with Crippen molar-refractivity contribution < 1.29 is 8.78 Å². The van der Waals surface area contributed by atoms with E-state index in [0.29, 0.717) is 17.9 Å². The summed E-state index contributed by atoms with van der Waals surface area (Å²) in [6, 6.07) is 3.72. The zero-order valence-corrected chi connectivity index (χ0v) is 10.0. The number of hydrogen-bond acceptors (Lipinski definition) is 1. The molecule has 1 aromatic rings. The predicted octanol–water partition coefficient (Wildman–Crippen LogP) is 3.13. The first kappa shape index (κ1) is 13.1. The molecule has 90 valence electrons. The Balaban J connectivity index is 2.85. The molecular formula is C13H19F2N. The van der Waals surface area contributed by atoms with Gasteiger partial charge in [-0.25, -0.2) is 8.78 Å². The van der Waals surface area contributed by atoms with Gasteiger partial charge in [0.15, 0.2) is 0 Å². The summed E-state index contributed by atoms with van der Waals surface area (Å²) >= 11 is 0. The van der Waals surface area contributed by atoms with Crippen molar-refractivity contribution in [2.24, 2.45) is 17.6 Å². The summed E-state index contributed by atoms with van der Waals surface area (Å²) in [6.45, 7) is 6.05. The first-order chi connectivity index (χ1) is 7.41. The Labute approximate surface area is 95.7 Å². The number of hydrogen-bond donors (Lipinski definition) is 1. The van der Waals surface area contributed by atoms with Gasteiger partial charge >= 0.3 is 0 Å². The molecule has 2 N–H and O–H groups in total. The van der Waals surface area contributed by atoms with Crippen LogP contribution in [0.2, 0.25) is 0 Å². The van der Waals surface area contributed by atoms with E-state index in [2.05, 4.69) is 13.8 Å². The summed E-state index contributed by atoms with van der Waals surface area (Å²) in [5.74, 6) is -0.432. The fourth-order valence-electron chi connectivity index (χ4n) is 1.97. The summed E-state index contributed by atoms with van der Waals surface area (Å²) in [5, 5.41) is 0. The van der Waals surface area contributed by atoms with Gasteiger partial charge in [0.1, 0.15) is 11.6 Å². The van der Waals surface area contributed by atoms with Gasteiger partial charge in [0, 0.05) is 12.1 Å². The van der Waals surface area contributed by atoms with E-state index >= 15 is 0 Å². The van der Waals surface area contributed by atoms with E-state index in [-0.39, 0.29) is 12.0 Å². The average Bonchev–Trinajstić information content (AvgIpc) is 2.15. The highest BCUT2D eigenvalue weighted by Gasteiger charge is 2.19. The van der Waals surface area contributed by atoms with Gasteiger partial charge in [-0.3, -0.25) is 0 Å². The van der Waals surface area contributed by atoms with Crippen LogP contribution in [0.25, 0.3) is 0 Å². The highest BCUT2D eigenvalue weighted by Crippen LogP contribution is 2.22. The lowest BCUT2D eigenvalue weighted by atomic mass is 9.84. The van der Waals surface area contributed by atoms with Crippen molar-refractivity contribution >= 4 is 0 Å². The van der Waals surface area contributed by atoms with Gasteiger partial charge in [-0.15, -0.1) is 0 Å². The molecule has 0 aliphatic rings. The van der Waals surface area contributed by atoms with E-state index in [1.165, 1.54) is 12.1 Å². The number of benzene rings is 1. The monoisotopic (exact) mass is 227 g/mol. The average molecular weight is 227 g/mol. The van der Waals surface area contributed by atoms with Gasteiger partial charge in [0.2, 0.25) is 0 Å². The van der Waals surface area contributed by atoms with Crippen LogP contribution in [0.5, 0.6) is 0 Å². The van der Waals surface area contributed by atoms with Crippen LogP contribution in [0.4, 0.5) is 8.78 Å². The van der Waals surface area contributed by atoms with Gasteiger partial charge in [-0.2, -0.15) is 0 Å². The summed E-state index contributed by atoms with van der Waals surface area (Å²) in [7, 11) is 0. The minimum Gasteiger partial charge on any atom is -0.328 e. The molecule has 0 amide bonds. The van der Waals surface area contributed by atoms with Crippen LogP contribution >= 0.6 is 0 Å². The highest BCUT2D eigenvalue weighted by atomic mass is 19.1. The van der Waals surface area contributed by atoms with Crippen LogP contribution in [0.1, 0.15) is 26.3 Å². The van der Waals surface area contributed by atoms with Crippen molar-refractivity contribution in [1.29, 1.82) is 0 Å². The first-order valence-electron chi connectivity index (χ1n) is 5.61. The van der Waals surface area contributed by atoms with E-state index in [9.17, 15) is 8.78 Å². The fraction of sp³-hybridized carbons (Fsp3) is 0.538. The number of nitrogens with two attached hydrogens (primary N) is 1. The third kappa shape index (κ3) is 3.27. The standard InChI is InChI=1S/C13H19F2N/c1-8(2)12(9(3)16)6-10-4-5-11(14)7-13(10)15/h4-5,7-9,12H,6,16H2,1-3H3. The Hall–Kier alpha value is -0.960. The molecule has 2 atom stereocenters. The Morgan fingerprint density at radius 3 is 2.25 bits per heavy atom. The summed E-state index contributed by atoms with van der Waals surface area (Å²) < 4.78 is 26.2. The molecule has 1 nitrogen and oxygen atoms in total. The van der Waals surface area contributed by atoms with E-state index in [0.717, 1.165) is 6.07 Å². The molecule has 0 bridgehead atoms. The lowest BCUT2D eigenvalue weighted by Crippen LogP contribution is -2.32. The topological polar surface area (TPSA) is 26.0 Å². The van der Waals surface area contributed by atoms with E-state index in [1.807, 2.05) is 6.92 Å². The zero-order chi connectivity index (χ0) is 12.3. The van der Waals surface area contributed by atoms with Crippen LogP contribution in [0.3, 0.4) is 0 Å². The molecule has 16 heavy (non-hydrogen) atoms. The Morgan fingerprint density at radius 2 is 1.81 bits per heavy atom. The quantitative estimate of drug-likeness (QED) is 0.840. The van der Waals surface area contributed by atoms with Crippen molar-refractivity contribution in [2.45, 2.75) is 33.2 Å². The zero-order valence-electron chi connectivity index (χ0n) is 10.0. The maximum atomic E-state index is 13.5. The SMILES string of the molecule is CC(C)C(Cc1ccc(F)cc1F)C(C)N. The van der Waals surface area contributed by atoms with Gasteiger partial charge in [0.25, 0.3) is 0 Å². The molecular weight excluding hydrogens is 208 g/mol. The van der Waals surface area contributed by atoms with Crippen molar-refractivity contribution in [3.8, 4) is 0 Å². The maximum absolute atomic E-state index is 13.5. The molecule has 3 heteroatoms. The second kappa shape index (κ2) is 5.39. The molecule has 0 saturated heterocycles. The van der Waals surface area contributed by atoms with E-state index in [4.69, 9.17) is 5.73 Å². The second-order valence-corrected chi connectivity index (χ2v) is 4.71. The third-order valence-electron chi connectivity index (χ3n) is 3.00. The van der Waals surface area contributed by atoms with Crippen LogP contribution in [-0.4, -0.2) is 6.04 Å². The fourth-order valence-corrected chi connectivity index (χ4v) is 1.97. The largest absolute Gasteiger partial charge is 0.328 e. The molecule has 0 fully saturated rings. The molecule has 0 aliphatic heterocycles. The molecule has 0 aliphatic carbocycles. The smallest absolute Gasteiger partial charge is 0.129 e.